The average molecular weight is 258 g/mol. The van der Waals surface area contributed by atoms with Crippen molar-refractivity contribution in [1.82, 2.24) is 9.97 Å². The van der Waals surface area contributed by atoms with Gasteiger partial charge in [-0.05, 0) is 31.0 Å². The number of aromatic amines is 1. The Morgan fingerprint density at radius 3 is 2.61 bits per heavy atom. The first kappa shape index (κ1) is 12.9. The first-order valence-corrected chi connectivity index (χ1v) is 5.48. The summed E-state index contributed by atoms with van der Waals surface area (Å²) in [6, 6.07) is 3.73. The lowest BCUT2D eigenvalue weighted by Gasteiger charge is -2.12. The van der Waals surface area contributed by atoms with Crippen LogP contribution in [-0.2, 0) is 6.42 Å². The number of aryl methyl sites for hydroxylation is 2. The molecule has 6 heteroatoms. The monoisotopic (exact) mass is 258 g/mol. The highest BCUT2D eigenvalue weighted by molar-refractivity contribution is 5.79. The van der Waals surface area contributed by atoms with E-state index in [1.54, 1.807) is 0 Å². The van der Waals surface area contributed by atoms with E-state index in [0.29, 0.717) is 11.0 Å². The van der Waals surface area contributed by atoms with Crippen LogP contribution in [0.2, 0.25) is 0 Å². The molecule has 18 heavy (non-hydrogen) atoms. The Bertz CT molecular complexity index is 574. The van der Waals surface area contributed by atoms with Crippen LogP contribution >= 0.6 is 0 Å². The van der Waals surface area contributed by atoms with Crippen molar-refractivity contribution in [3.8, 4) is 0 Å². The van der Waals surface area contributed by atoms with Crippen molar-refractivity contribution in [3.05, 3.63) is 29.1 Å². The molecule has 0 bridgehead atoms. The maximum Gasteiger partial charge on any atom is 0.414 e. The van der Waals surface area contributed by atoms with E-state index in [1.165, 1.54) is 0 Å². The molecule has 1 heterocycles. The van der Waals surface area contributed by atoms with Gasteiger partial charge in [0.15, 0.2) is 6.10 Å². The Balaban J connectivity index is 2.34. The molecule has 3 nitrogen and oxygen atoms in total. The number of hydrogen-bond donors (Lipinski definition) is 2. The van der Waals surface area contributed by atoms with Gasteiger partial charge in [0.05, 0.1) is 11.0 Å². The smallest absolute Gasteiger partial charge is 0.383 e. The third-order valence-corrected chi connectivity index (χ3v) is 2.74. The molecule has 0 aliphatic carbocycles. The van der Waals surface area contributed by atoms with Crippen molar-refractivity contribution in [2.45, 2.75) is 32.5 Å². The van der Waals surface area contributed by atoms with E-state index in [0.717, 1.165) is 11.1 Å². The van der Waals surface area contributed by atoms with E-state index in [4.69, 9.17) is 5.11 Å². The summed E-state index contributed by atoms with van der Waals surface area (Å²) in [6.07, 6.45) is -7.57. The molecule has 0 amide bonds. The quantitative estimate of drug-likeness (QED) is 0.870. The van der Waals surface area contributed by atoms with Gasteiger partial charge in [0, 0.05) is 6.42 Å². The number of nitrogens with one attached hydrogen (secondary N) is 1. The fourth-order valence-electron chi connectivity index (χ4n) is 1.92. The zero-order valence-electron chi connectivity index (χ0n) is 9.97. The minimum Gasteiger partial charge on any atom is -0.383 e. The van der Waals surface area contributed by atoms with Gasteiger partial charge in [-0.25, -0.2) is 4.98 Å². The molecule has 0 saturated heterocycles. The summed E-state index contributed by atoms with van der Waals surface area (Å²) in [5.41, 5.74) is 3.24. The second-order valence-electron chi connectivity index (χ2n) is 4.42. The van der Waals surface area contributed by atoms with Crippen molar-refractivity contribution < 1.29 is 18.3 Å². The number of aliphatic hydroxyl groups is 1. The molecule has 0 radical (unpaired) electrons. The van der Waals surface area contributed by atoms with Crippen LogP contribution in [0.1, 0.15) is 17.0 Å². The van der Waals surface area contributed by atoms with Crippen LogP contribution in [0, 0.1) is 13.8 Å². The molecule has 1 aromatic heterocycles. The van der Waals surface area contributed by atoms with Crippen molar-refractivity contribution in [3.63, 3.8) is 0 Å². The lowest BCUT2D eigenvalue weighted by atomic mass is 10.1. The minimum atomic E-state index is -4.62. The van der Waals surface area contributed by atoms with Crippen LogP contribution in [0.4, 0.5) is 13.2 Å². The number of alkyl halides is 3. The third kappa shape index (κ3) is 2.48. The number of rotatable bonds is 2. The Morgan fingerprint density at radius 2 is 2.00 bits per heavy atom. The number of halogens is 3. The molecule has 1 aromatic carbocycles. The summed E-state index contributed by atoms with van der Waals surface area (Å²) in [5, 5.41) is 9.00. The molecule has 2 N–H and O–H groups in total. The van der Waals surface area contributed by atoms with E-state index < -0.39 is 18.7 Å². The normalized spacial score (nSPS) is 14.1. The molecule has 98 valence electrons. The van der Waals surface area contributed by atoms with Gasteiger partial charge in [0.1, 0.15) is 5.82 Å². The minimum absolute atomic E-state index is 0.142. The van der Waals surface area contributed by atoms with Crippen molar-refractivity contribution in [2.75, 3.05) is 0 Å². The van der Waals surface area contributed by atoms with Crippen LogP contribution < -0.4 is 0 Å². The molecule has 0 fully saturated rings. The zero-order chi connectivity index (χ0) is 13.5. The highest BCUT2D eigenvalue weighted by Gasteiger charge is 2.38. The average Bonchev–Trinajstić information content (AvgIpc) is 2.58. The fraction of sp³-hybridized carbons (Fsp3) is 0.417. The van der Waals surface area contributed by atoms with Crippen LogP contribution in [-0.4, -0.2) is 27.4 Å². The molecule has 0 aliphatic heterocycles. The maximum absolute atomic E-state index is 12.2. The van der Waals surface area contributed by atoms with Crippen molar-refractivity contribution in [2.24, 2.45) is 0 Å². The number of hydrogen-bond acceptors (Lipinski definition) is 2. The van der Waals surface area contributed by atoms with Crippen LogP contribution in [0.25, 0.3) is 11.0 Å². The molecule has 0 saturated carbocycles. The SMILES string of the molecule is Cc1cc(C)c2nc(CC(O)C(F)(F)F)[nH]c2c1. The van der Waals surface area contributed by atoms with Crippen molar-refractivity contribution >= 4 is 11.0 Å². The lowest BCUT2D eigenvalue weighted by Crippen LogP contribution is -2.30. The Morgan fingerprint density at radius 1 is 1.33 bits per heavy atom. The topological polar surface area (TPSA) is 48.9 Å². The summed E-state index contributed by atoms with van der Waals surface area (Å²) >= 11 is 0. The van der Waals surface area contributed by atoms with E-state index in [1.807, 2.05) is 26.0 Å². The Labute approximate surface area is 102 Å². The summed E-state index contributed by atoms with van der Waals surface area (Å²) < 4.78 is 36.7. The number of H-pyrrole nitrogens is 1. The number of fused-ring (bicyclic) bond motifs is 1. The lowest BCUT2D eigenvalue weighted by molar-refractivity contribution is -0.203. The van der Waals surface area contributed by atoms with E-state index in [9.17, 15) is 13.2 Å². The second kappa shape index (κ2) is 4.28. The summed E-state index contributed by atoms with van der Waals surface area (Å²) in [5.74, 6) is 0.142. The molecule has 2 aromatic rings. The van der Waals surface area contributed by atoms with E-state index >= 15 is 0 Å². The molecule has 1 atom stereocenters. The van der Waals surface area contributed by atoms with Gasteiger partial charge in [-0.1, -0.05) is 6.07 Å². The summed E-state index contributed by atoms with van der Waals surface area (Å²) in [4.78, 5) is 6.90. The first-order chi connectivity index (χ1) is 8.27. The van der Waals surface area contributed by atoms with E-state index in [-0.39, 0.29) is 5.82 Å². The number of nitrogens with zero attached hydrogens (tertiary/aromatic N) is 1. The molecule has 0 spiro atoms. The van der Waals surface area contributed by atoms with Crippen LogP contribution in [0.15, 0.2) is 12.1 Å². The Kier molecular flexibility index (Phi) is 3.06. The van der Waals surface area contributed by atoms with Gasteiger partial charge >= 0.3 is 6.18 Å². The van der Waals surface area contributed by atoms with Crippen LogP contribution in [0.3, 0.4) is 0 Å². The summed E-state index contributed by atoms with van der Waals surface area (Å²) in [6.45, 7) is 3.75. The molecule has 0 aliphatic rings. The summed E-state index contributed by atoms with van der Waals surface area (Å²) in [7, 11) is 0. The second-order valence-corrected chi connectivity index (χ2v) is 4.42. The third-order valence-electron chi connectivity index (χ3n) is 2.74. The van der Waals surface area contributed by atoms with Gasteiger partial charge < -0.3 is 10.1 Å². The van der Waals surface area contributed by atoms with Gasteiger partial charge in [0.2, 0.25) is 0 Å². The number of aliphatic hydroxyl groups excluding tert-OH is 1. The number of aromatic nitrogens is 2. The molecule has 2 rings (SSSR count). The van der Waals surface area contributed by atoms with Gasteiger partial charge in [-0.2, -0.15) is 13.2 Å². The highest BCUT2D eigenvalue weighted by Crippen LogP contribution is 2.24. The number of benzene rings is 1. The van der Waals surface area contributed by atoms with E-state index in [2.05, 4.69) is 9.97 Å². The Hall–Kier alpha value is -1.56. The molecular weight excluding hydrogens is 245 g/mol. The standard InChI is InChI=1S/C12H13F3N2O/c1-6-3-7(2)11-8(4-6)16-10(17-11)5-9(18)12(13,14)15/h3-4,9,18H,5H2,1-2H3,(H,16,17). The molecular formula is C12H13F3N2O. The first-order valence-electron chi connectivity index (χ1n) is 5.48. The predicted molar refractivity (Wildman–Crippen MR) is 61.3 cm³/mol. The number of imidazole rings is 1. The molecule has 1 unspecified atom stereocenters. The van der Waals surface area contributed by atoms with Crippen molar-refractivity contribution in [1.29, 1.82) is 0 Å². The van der Waals surface area contributed by atoms with Crippen LogP contribution in [0.5, 0.6) is 0 Å². The van der Waals surface area contributed by atoms with Gasteiger partial charge in [-0.3, -0.25) is 0 Å². The fourth-order valence-corrected chi connectivity index (χ4v) is 1.92. The van der Waals surface area contributed by atoms with Gasteiger partial charge in [-0.15, -0.1) is 0 Å². The zero-order valence-corrected chi connectivity index (χ0v) is 9.97. The van der Waals surface area contributed by atoms with Gasteiger partial charge in [0.25, 0.3) is 0 Å². The largest absolute Gasteiger partial charge is 0.414 e. The highest BCUT2D eigenvalue weighted by atomic mass is 19.4. The predicted octanol–water partition coefficient (Wildman–Crippen LogP) is 2.65. The maximum atomic E-state index is 12.2.